The molecular formula is C32H32ClN5O3. The van der Waals surface area contributed by atoms with E-state index in [1.807, 2.05) is 59.4 Å². The third kappa shape index (κ3) is 8.36. The number of anilines is 1. The molecule has 0 aliphatic heterocycles. The number of nitrogens with one attached hydrogen (secondary N) is 1. The van der Waals surface area contributed by atoms with Crippen molar-refractivity contribution >= 4 is 34.0 Å². The standard InChI is InChI=1S/C32H32ClN5O3/c33-26-10-13-29-30(15-16-34-31(29)21-26)35-17-20-40-23-27-22-38(37-36-27)18-3-4-19-41-28-11-8-25(9-12-28)32(39)14-7-24-5-1-2-6-24/h1,5-16,21-22H,2-4,17-20,23H2,(H,34,35)/b14-7+. The number of allylic oxidation sites excluding steroid dienone is 6. The summed E-state index contributed by atoms with van der Waals surface area (Å²) < 4.78 is 13.4. The molecular weight excluding hydrogens is 538 g/mol. The van der Waals surface area contributed by atoms with Crippen LogP contribution in [0.4, 0.5) is 5.69 Å². The molecule has 0 saturated carbocycles. The molecule has 9 heteroatoms. The van der Waals surface area contributed by atoms with Crippen molar-refractivity contribution in [3.05, 3.63) is 113 Å². The summed E-state index contributed by atoms with van der Waals surface area (Å²) in [6.45, 7) is 2.93. The Morgan fingerprint density at radius 2 is 2.00 bits per heavy atom. The number of rotatable bonds is 15. The normalized spacial score (nSPS) is 12.8. The van der Waals surface area contributed by atoms with Crippen LogP contribution in [0.1, 0.15) is 35.3 Å². The van der Waals surface area contributed by atoms with E-state index in [0.717, 1.165) is 59.4 Å². The minimum absolute atomic E-state index is 0.0169. The van der Waals surface area contributed by atoms with Crippen LogP contribution < -0.4 is 10.1 Å². The molecule has 2 heterocycles. The molecule has 1 N–H and O–H groups in total. The topological polar surface area (TPSA) is 91.2 Å². The number of aryl methyl sites for hydroxylation is 1. The second-order valence-electron chi connectivity index (χ2n) is 9.59. The van der Waals surface area contributed by atoms with Gasteiger partial charge in [-0.15, -0.1) is 5.10 Å². The van der Waals surface area contributed by atoms with Gasteiger partial charge < -0.3 is 14.8 Å². The van der Waals surface area contributed by atoms with Crippen molar-refractivity contribution in [2.45, 2.75) is 32.4 Å². The van der Waals surface area contributed by atoms with Gasteiger partial charge >= 0.3 is 0 Å². The van der Waals surface area contributed by atoms with Crippen LogP contribution in [0.25, 0.3) is 10.9 Å². The zero-order valence-corrected chi connectivity index (χ0v) is 23.5. The number of benzene rings is 2. The fraction of sp³-hybridized carbons (Fsp3) is 0.250. The molecule has 4 aromatic rings. The number of nitrogens with zero attached hydrogens (tertiary/aromatic N) is 4. The summed E-state index contributed by atoms with van der Waals surface area (Å²) in [6, 6.07) is 14.9. The first-order chi connectivity index (χ1) is 20.1. The number of hydrogen-bond acceptors (Lipinski definition) is 7. The smallest absolute Gasteiger partial charge is 0.185 e. The van der Waals surface area contributed by atoms with Crippen molar-refractivity contribution in [2.24, 2.45) is 0 Å². The summed E-state index contributed by atoms with van der Waals surface area (Å²) in [5.41, 5.74) is 4.36. The first-order valence-corrected chi connectivity index (χ1v) is 14.1. The minimum atomic E-state index is -0.0169. The Morgan fingerprint density at radius 1 is 1.10 bits per heavy atom. The average Bonchev–Trinajstić information content (AvgIpc) is 3.68. The minimum Gasteiger partial charge on any atom is -0.494 e. The molecule has 5 rings (SSSR count). The quantitative estimate of drug-likeness (QED) is 0.0980. The van der Waals surface area contributed by atoms with Crippen LogP contribution in [-0.4, -0.2) is 45.5 Å². The first kappa shape index (κ1) is 28.3. The van der Waals surface area contributed by atoms with E-state index in [-0.39, 0.29) is 5.78 Å². The Kier molecular flexibility index (Phi) is 9.92. The highest BCUT2D eigenvalue weighted by molar-refractivity contribution is 6.31. The summed E-state index contributed by atoms with van der Waals surface area (Å²) in [7, 11) is 0. The molecule has 2 aromatic carbocycles. The average molecular weight is 570 g/mol. The van der Waals surface area contributed by atoms with Crippen LogP contribution in [0.2, 0.25) is 5.02 Å². The largest absolute Gasteiger partial charge is 0.494 e. The fourth-order valence-corrected chi connectivity index (χ4v) is 4.54. The van der Waals surface area contributed by atoms with Gasteiger partial charge in [-0.2, -0.15) is 0 Å². The number of ether oxygens (including phenoxy) is 2. The van der Waals surface area contributed by atoms with Gasteiger partial charge in [-0.25, -0.2) is 0 Å². The van der Waals surface area contributed by atoms with E-state index in [1.54, 1.807) is 24.4 Å². The fourth-order valence-electron chi connectivity index (χ4n) is 4.37. The van der Waals surface area contributed by atoms with Crippen molar-refractivity contribution in [3.8, 4) is 5.75 Å². The monoisotopic (exact) mass is 569 g/mol. The molecule has 0 fully saturated rings. The van der Waals surface area contributed by atoms with E-state index in [1.165, 1.54) is 0 Å². The Hall–Kier alpha value is -4.27. The summed E-state index contributed by atoms with van der Waals surface area (Å²) in [5, 5.41) is 13.5. The Labute approximate surface area is 244 Å². The van der Waals surface area contributed by atoms with Crippen molar-refractivity contribution in [1.29, 1.82) is 0 Å². The lowest BCUT2D eigenvalue weighted by Crippen LogP contribution is -2.10. The van der Waals surface area contributed by atoms with Gasteiger partial charge in [0.1, 0.15) is 11.4 Å². The molecule has 0 spiro atoms. The summed E-state index contributed by atoms with van der Waals surface area (Å²) in [6.07, 6.45) is 16.0. The zero-order valence-electron chi connectivity index (χ0n) is 22.7. The number of unbranched alkanes of at least 4 members (excludes halogenated alkanes) is 1. The molecule has 0 bridgehead atoms. The molecule has 0 atom stereocenters. The number of carbonyl (C=O) groups excluding carboxylic acids is 1. The number of ketones is 1. The highest BCUT2D eigenvalue weighted by Crippen LogP contribution is 2.24. The molecule has 1 aliphatic carbocycles. The van der Waals surface area contributed by atoms with Gasteiger partial charge in [-0.1, -0.05) is 41.1 Å². The van der Waals surface area contributed by atoms with E-state index in [2.05, 4.69) is 32.8 Å². The van der Waals surface area contributed by atoms with Crippen LogP contribution >= 0.6 is 11.6 Å². The molecule has 1 aliphatic rings. The van der Waals surface area contributed by atoms with Gasteiger partial charge in [0.15, 0.2) is 5.78 Å². The molecule has 0 amide bonds. The van der Waals surface area contributed by atoms with Crippen molar-refractivity contribution < 1.29 is 14.3 Å². The number of fused-ring (bicyclic) bond motifs is 1. The lowest BCUT2D eigenvalue weighted by atomic mass is 10.1. The maximum Gasteiger partial charge on any atom is 0.185 e. The van der Waals surface area contributed by atoms with Gasteiger partial charge in [-0.3, -0.25) is 14.5 Å². The highest BCUT2D eigenvalue weighted by Gasteiger charge is 2.05. The molecule has 0 radical (unpaired) electrons. The predicted molar refractivity (Wildman–Crippen MR) is 161 cm³/mol. The van der Waals surface area contributed by atoms with E-state index < -0.39 is 0 Å². The molecule has 2 aromatic heterocycles. The number of halogens is 1. The molecule has 8 nitrogen and oxygen atoms in total. The second kappa shape index (κ2) is 14.4. The van der Waals surface area contributed by atoms with Gasteiger partial charge in [0, 0.05) is 40.9 Å². The summed E-state index contributed by atoms with van der Waals surface area (Å²) >= 11 is 6.06. The van der Waals surface area contributed by atoms with Gasteiger partial charge in [0.05, 0.1) is 31.5 Å². The number of aromatic nitrogens is 4. The Balaban J connectivity index is 0.947. The van der Waals surface area contributed by atoms with Crippen LogP contribution in [0, 0.1) is 0 Å². The first-order valence-electron chi connectivity index (χ1n) is 13.7. The van der Waals surface area contributed by atoms with Gasteiger partial charge in [-0.05, 0) is 79.4 Å². The summed E-state index contributed by atoms with van der Waals surface area (Å²) in [5.74, 6) is 0.736. The third-order valence-electron chi connectivity index (χ3n) is 6.52. The van der Waals surface area contributed by atoms with E-state index in [9.17, 15) is 4.79 Å². The van der Waals surface area contributed by atoms with E-state index >= 15 is 0 Å². The predicted octanol–water partition coefficient (Wildman–Crippen LogP) is 6.59. The van der Waals surface area contributed by atoms with Crippen molar-refractivity contribution in [3.63, 3.8) is 0 Å². The second-order valence-corrected chi connectivity index (χ2v) is 10.0. The van der Waals surface area contributed by atoms with Crippen molar-refractivity contribution in [1.82, 2.24) is 20.0 Å². The van der Waals surface area contributed by atoms with Crippen molar-refractivity contribution in [2.75, 3.05) is 25.1 Å². The lowest BCUT2D eigenvalue weighted by Gasteiger charge is -2.09. The molecule has 41 heavy (non-hydrogen) atoms. The summed E-state index contributed by atoms with van der Waals surface area (Å²) in [4.78, 5) is 16.7. The van der Waals surface area contributed by atoms with Crippen LogP contribution in [0.15, 0.2) is 96.9 Å². The van der Waals surface area contributed by atoms with E-state index in [0.29, 0.717) is 37.0 Å². The maximum atomic E-state index is 12.3. The lowest BCUT2D eigenvalue weighted by molar-refractivity contribution is 0.104. The van der Waals surface area contributed by atoms with E-state index in [4.69, 9.17) is 21.1 Å². The maximum absolute atomic E-state index is 12.3. The Bertz CT molecular complexity index is 1560. The van der Waals surface area contributed by atoms with Crippen LogP contribution in [-0.2, 0) is 17.9 Å². The SMILES string of the molecule is O=C(/C=C/C1=CCC=C1)c1ccc(OCCCCn2cc(COCCNc3ccnc4cc(Cl)ccc34)nn2)cc1. The Morgan fingerprint density at radius 3 is 2.85 bits per heavy atom. The van der Waals surface area contributed by atoms with Gasteiger partial charge in [0.2, 0.25) is 0 Å². The third-order valence-corrected chi connectivity index (χ3v) is 6.75. The number of hydrogen-bond donors (Lipinski definition) is 1. The van der Waals surface area contributed by atoms with Crippen LogP contribution in [0.5, 0.6) is 5.75 Å². The highest BCUT2D eigenvalue weighted by atomic mass is 35.5. The molecule has 210 valence electrons. The number of pyridine rings is 1. The zero-order chi connectivity index (χ0) is 28.3. The van der Waals surface area contributed by atoms with Gasteiger partial charge in [0.25, 0.3) is 0 Å². The molecule has 0 unspecified atom stereocenters. The number of carbonyl (C=O) groups is 1. The molecule has 0 saturated heterocycles. The van der Waals surface area contributed by atoms with Crippen LogP contribution in [0.3, 0.4) is 0 Å².